The van der Waals surface area contributed by atoms with E-state index < -0.39 is 42.9 Å². The Hall–Kier alpha value is -2.04. The van der Waals surface area contributed by atoms with Gasteiger partial charge in [-0.2, -0.15) is 22.0 Å². The molecule has 2 fully saturated rings. The van der Waals surface area contributed by atoms with Crippen molar-refractivity contribution >= 4 is 5.91 Å². The van der Waals surface area contributed by atoms with E-state index in [0.717, 1.165) is 39.0 Å². The van der Waals surface area contributed by atoms with Crippen LogP contribution in [0.4, 0.5) is 22.0 Å². The summed E-state index contributed by atoms with van der Waals surface area (Å²) in [6.45, 7) is 6.87. The molecule has 10 heteroatoms. The molecule has 3 aliphatic carbocycles. The van der Waals surface area contributed by atoms with Crippen LogP contribution < -0.4 is 0 Å². The van der Waals surface area contributed by atoms with E-state index in [1.165, 1.54) is 11.1 Å². The molecule has 1 amide bonds. The van der Waals surface area contributed by atoms with Crippen LogP contribution in [0.3, 0.4) is 0 Å². The van der Waals surface area contributed by atoms with E-state index >= 15 is 0 Å². The summed E-state index contributed by atoms with van der Waals surface area (Å²) in [6, 6.07) is 0. The average Bonchev–Trinajstić information content (AvgIpc) is 3.10. The zero-order chi connectivity index (χ0) is 27.1. The van der Waals surface area contributed by atoms with Crippen LogP contribution in [-0.2, 0) is 9.63 Å². The van der Waals surface area contributed by atoms with E-state index in [1.54, 1.807) is 6.08 Å². The lowest BCUT2D eigenvalue weighted by atomic mass is 9.64. The van der Waals surface area contributed by atoms with E-state index in [1.807, 2.05) is 6.08 Å². The Morgan fingerprint density at radius 1 is 1.31 bits per heavy atom. The highest BCUT2D eigenvalue weighted by molar-refractivity contribution is 5.72. The normalized spacial score (nSPS) is 33.6. The minimum absolute atomic E-state index is 0.0793. The van der Waals surface area contributed by atoms with Crippen LogP contribution >= 0.6 is 0 Å². The predicted octanol–water partition coefficient (Wildman–Crippen LogP) is 5.76. The molecule has 36 heavy (non-hydrogen) atoms. The Labute approximate surface area is 207 Å². The van der Waals surface area contributed by atoms with E-state index in [-0.39, 0.29) is 22.5 Å². The Morgan fingerprint density at radius 3 is 2.56 bits per heavy atom. The standard InChI is InChI=1S/C26H34F5NO4/c1-5-20-10-11-21-18(7-6-12-23(20,21)4)8-9-19-13-24(35,14-22(34)16(19)2)36-32(17(3)33)15-25(27,28)26(29,30)31/h8-10,21-22,34-35H,2,5-7,11-15H2,1,3-4H3/t21-,22-,23+,24-/m0/s1. The second kappa shape index (κ2) is 10.0. The molecule has 3 rings (SSSR count). The summed E-state index contributed by atoms with van der Waals surface area (Å²) >= 11 is 0. The van der Waals surface area contributed by atoms with Crippen molar-refractivity contribution in [3.8, 4) is 0 Å². The van der Waals surface area contributed by atoms with Crippen molar-refractivity contribution in [2.24, 2.45) is 11.3 Å². The number of alkyl halides is 5. The molecule has 0 radical (unpaired) electrons. The van der Waals surface area contributed by atoms with Crippen LogP contribution in [0.2, 0.25) is 0 Å². The summed E-state index contributed by atoms with van der Waals surface area (Å²) < 4.78 is 65.2. The molecule has 202 valence electrons. The van der Waals surface area contributed by atoms with Crippen molar-refractivity contribution in [1.29, 1.82) is 0 Å². The first-order valence-corrected chi connectivity index (χ1v) is 12.1. The minimum atomic E-state index is -5.91. The number of aliphatic hydroxyl groups excluding tert-OH is 1. The Kier molecular flexibility index (Phi) is 7.94. The highest BCUT2D eigenvalue weighted by Gasteiger charge is 2.59. The fourth-order valence-corrected chi connectivity index (χ4v) is 5.70. The van der Waals surface area contributed by atoms with Crippen LogP contribution in [0.5, 0.6) is 0 Å². The third-order valence-corrected chi connectivity index (χ3v) is 7.77. The molecular weight excluding hydrogens is 485 g/mol. The summed E-state index contributed by atoms with van der Waals surface area (Å²) in [4.78, 5) is 16.8. The molecule has 0 aromatic rings. The first-order valence-electron chi connectivity index (χ1n) is 12.1. The monoisotopic (exact) mass is 519 g/mol. The van der Waals surface area contributed by atoms with Crippen molar-refractivity contribution < 1.29 is 41.8 Å². The molecule has 0 heterocycles. The van der Waals surface area contributed by atoms with Gasteiger partial charge in [0.05, 0.1) is 6.10 Å². The van der Waals surface area contributed by atoms with E-state index in [0.29, 0.717) is 11.5 Å². The zero-order valence-corrected chi connectivity index (χ0v) is 20.8. The van der Waals surface area contributed by atoms with Crippen molar-refractivity contribution in [3.63, 3.8) is 0 Å². The molecular formula is C26H34F5NO4. The number of aliphatic hydroxyl groups is 2. The Morgan fingerprint density at radius 2 is 1.97 bits per heavy atom. The predicted molar refractivity (Wildman–Crippen MR) is 123 cm³/mol. The fraction of sp³-hybridized carbons (Fsp3) is 0.654. The highest BCUT2D eigenvalue weighted by Crippen LogP contribution is 2.55. The zero-order valence-electron chi connectivity index (χ0n) is 20.8. The van der Waals surface area contributed by atoms with Gasteiger partial charge in [0.1, 0.15) is 6.54 Å². The number of carbonyl (C=O) groups excluding carboxylic acids is 1. The number of hydrogen-bond donors (Lipinski definition) is 2. The average molecular weight is 520 g/mol. The number of allylic oxidation sites excluding steroid dienone is 5. The van der Waals surface area contributed by atoms with Gasteiger partial charge in [0.2, 0.25) is 5.91 Å². The van der Waals surface area contributed by atoms with Crippen LogP contribution in [0.15, 0.2) is 47.1 Å². The van der Waals surface area contributed by atoms with Crippen LogP contribution in [-0.4, -0.2) is 51.7 Å². The van der Waals surface area contributed by atoms with Gasteiger partial charge in [0, 0.05) is 19.8 Å². The van der Waals surface area contributed by atoms with Crippen molar-refractivity contribution in [1.82, 2.24) is 5.06 Å². The molecule has 0 saturated heterocycles. The van der Waals surface area contributed by atoms with Gasteiger partial charge in [-0.3, -0.25) is 4.79 Å². The molecule has 0 spiro atoms. The molecule has 2 saturated carbocycles. The number of nitrogens with zero attached hydrogens (tertiary/aromatic N) is 1. The van der Waals surface area contributed by atoms with Crippen molar-refractivity contribution in [2.75, 3.05) is 6.54 Å². The fourth-order valence-electron chi connectivity index (χ4n) is 5.70. The summed E-state index contributed by atoms with van der Waals surface area (Å²) in [7, 11) is 0. The van der Waals surface area contributed by atoms with Gasteiger partial charge in [-0.25, -0.2) is 9.90 Å². The first-order chi connectivity index (χ1) is 16.5. The molecule has 5 nitrogen and oxygen atoms in total. The molecule has 3 aliphatic rings. The summed E-state index contributed by atoms with van der Waals surface area (Å²) in [5.41, 5.74) is 3.38. The SMILES string of the molecule is C=C1C(=CC=C2CCC[C@]3(C)C(CC)=CC[C@@H]23)C[C@](O)(ON(CC(F)(F)C(F)(F)F)C(C)=O)C[C@@H]1O. The van der Waals surface area contributed by atoms with Crippen LogP contribution in [0, 0.1) is 11.3 Å². The molecule has 0 aliphatic heterocycles. The van der Waals surface area contributed by atoms with Gasteiger partial charge in [0.25, 0.3) is 0 Å². The largest absolute Gasteiger partial charge is 0.455 e. The lowest BCUT2D eigenvalue weighted by molar-refractivity contribution is -0.356. The molecule has 2 N–H and O–H groups in total. The van der Waals surface area contributed by atoms with Gasteiger partial charge >= 0.3 is 12.1 Å². The van der Waals surface area contributed by atoms with Crippen LogP contribution in [0.1, 0.15) is 65.7 Å². The Balaban J connectivity index is 1.83. The number of hydrogen-bond acceptors (Lipinski definition) is 4. The second-order valence-electron chi connectivity index (χ2n) is 10.3. The summed E-state index contributed by atoms with van der Waals surface area (Å²) in [6.07, 6.45) is 2.63. The minimum Gasteiger partial charge on any atom is -0.388 e. The number of carbonyl (C=O) groups is 1. The van der Waals surface area contributed by atoms with Gasteiger partial charge in [-0.05, 0) is 54.6 Å². The molecule has 0 bridgehead atoms. The lowest BCUT2D eigenvalue weighted by Crippen LogP contribution is -2.53. The summed E-state index contributed by atoms with van der Waals surface area (Å²) in [5.74, 6) is -8.56. The molecule has 4 atom stereocenters. The molecule has 0 unspecified atom stereocenters. The van der Waals surface area contributed by atoms with Gasteiger partial charge in [-0.15, -0.1) is 0 Å². The lowest BCUT2D eigenvalue weighted by Gasteiger charge is -2.41. The highest BCUT2D eigenvalue weighted by atomic mass is 19.4. The maximum Gasteiger partial charge on any atom is 0.455 e. The Bertz CT molecular complexity index is 985. The van der Waals surface area contributed by atoms with E-state index in [2.05, 4.69) is 26.5 Å². The number of fused-ring (bicyclic) bond motifs is 1. The number of halogens is 5. The maximum absolute atomic E-state index is 13.6. The first kappa shape index (κ1) is 28.5. The number of amides is 1. The molecule has 0 aromatic heterocycles. The van der Waals surface area contributed by atoms with Gasteiger partial charge in [-0.1, -0.05) is 49.8 Å². The van der Waals surface area contributed by atoms with E-state index in [9.17, 15) is 37.0 Å². The second-order valence-corrected chi connectivity index (χ2v) is 10.3. The maximum atomic E-state index is 13.6. The van der Waals surface area contributed by atoms with E-state index in [4.69, 9.17) is 4.84 Å². The van der Waals surface area contributed by atoms with Crippen molar-refractivity contribution in [2.45, 2.75) is 89.7 Å². The smallest absolute Gasteiger partial charge is 0.388 e. The number of rotatable bonds is 6. The summed E-state index contributed by atoms with van der Waals surface area (Å²) in [5, 5.41) is 21.2. The third kappa shape index (κ3) is 5.60. The van der Waals surface area contributed by atoms with Gasteiger partial charge < -0.3 is 10.2 Å². The van der Waals surface area contributed by atoms with Crippen molar-refractivity contribution in [3.05, 3.63) is 47.1 Å². The topological polar surface area (TPSA) is 70.0 Å². The quantitative estimate of drug-likeness (QED) is 0.203. The number of hydroxylamine groups is 2. The van der Waals surface area contributed by atoms with Gasteiger partial charge in [0.15, 0.2) is 5.79 Å². The molecule has 0 aromatic carbocycles. The van der Waals surface area contributed by atoms with Crippen LogP contribution in [0.25, 0.3) is 0 Å². The third-order valence-electron chi connectivity index (χ3n) is 7.77.